The number of hydrogen-bond acceptors (Lipinski definition) is 3. The third kappa shape index (κ3) is 2.83. The first-order chi connectivity index (χ1) is 10.6. The van der Waals surface area contributed by atoms with E-state index in [0.29, 0.717) is 6.54 Å². The van der Waals surface area contributed by atoms with Crippen molar-refractivity contribution in [3.8, 4) is 0 Å². The van der Waals surface area contributed by atoms with Gasteiger partial charge in [-0.2, -0.15) is 0 Å². The molecule has 1 aliphatic heterocycles. The number of amides is 1. The summed E-state index contributed by atoms with van der Waals surface area (Å²) in [5.41, 5.74) is 2.05. The maximum atomic E-state index is 13.1. The van der Waals surface area contributed by atoms with Gasteiger partial charge in [0.25, 0.3) is 5.91 Å². The number of esters is 1. The monoisotopic (exact) mass is 299 g/mol. The molecule has 112 valence electrons. The fourth-order valence-electron chi connectivity index (χ4n) is 2.50. The first-order valence-electron chi connectivity index (χ1n) is 6.96. The molecule has 0 fully saturated rings. The zero-order chi connectivity index (χ0) is 15.5. The topological polar surface area (TPSA) is 46.6 Å². The van der Waals surface area contributed by atoms with Gasteiger partial charge in [-0.05, 0) is 36.2 Å². The van der Waals surface area contributed by atoms with Crippen LogP contribution in [-0.2, 0) is 16.0 Å². The van der Waals surface area contributed by atoms with Gasteiger partial charge < -0.3 is 9.64 Å². The van der Waals surface area contributed by atoms with Crippen molar-refractivity contribution in [1.82, 2.24) is 0 Å². The van der Waals surface area contributed by atoms with Gasteiger partial charge in [-0.15, -0.1) is 0 Å². The van der Waals surface area contributed by atoms with Crippen molar-refractivity contribution in [3.63, 3.8) is 0 Å². The number of ether oxygens (including phenoxy) is 1. The Hall–Kier alpha value is -2.69. The molecule has 0 saturated heterocycles. The predicted octanol–water partition coefficient (Wildman–Crippen LogP) is 2.57. The van der Waals surface area contributed by atoms with Crippen LogP contribution in [-0.4, -0.2) is 25.0 Å². The van der Waals surface area contributed by atoms with Crippen LogP contribution in [0.3, 0.4) is 0 Å². The summed E-state index contributed by atoms with van der Waals surface area (Å²) in [5, 5.41) is 0. The maximum absolute atomic E-state index is 13.1. The van der Waals surface area contributed by atoms with E-state index in [1.807, 2.05) is 24.3 Å². The average molecular weight is 299 g/mol. The standard InChI is InChI=1S/C17H14FNO3/c18-14-6-3-5-13(10-14)17(21)22-11-16(20)19-9-8-12-4-1-2-7-15(12)19/h1-7,10H,8-9,11H2. The molecule has 5 heteroatoms. The van der Waals surface area contributed by atoms with Crippen LogP contribution < -0.4 is 4.90 Å². The van der Waals surface area contributed by atoms with Crippen molar-refractivity contribution >= 4 is 17.6 Å². The van der Waals surface area contributed by atoms with E-state index in [1.165, 1.54) is 18.2 Å². The van der Waals surface area contributed by atoms with Crippen LogP contribution in [0.15, 0.2) is 48.5 Å². The molecule has 2 aromatic rings. The third-order valence-electron chi connectivity index (χ3n) is 3.58. The second kappa shape index (κ2) is 5.97. The SMILES string of the molecule is O=C(OCC(=O)N1CCc2ccccc21)c1cccc(F)c1. The highest BCUT2D eigenvalue weighted by Crippen LogP contribution is 2.27. The first-order valence-corrected chi connectivity index (χ1v) is 6.96. The summed E-state index contributed by atoms with van der Waals surface area (Å²) >= 11 is 0. The van der Waals surface area contributed by atoms with Gasteiger partial charge in [0.2, 0.25) is 0 Å². The molecule has 0 saturated carbocycles. The minimum Gasteiger partial charge on any atom is -0.452 e. The average Bonchev–Trinajstić information content (AvgIpc) is 2.96. The van der Waals surface area contributed by atoms with Crippen molar-refractivity contribution < 1.29 is 18.7 Å². The van der Waals surface area contributed by atoms with Gasteiger partial charge in [0, 0.05) is 12.2 Å². The summed E-state index contributed by atoms with van der Waals surface area (Å²) in [4.78, 5) is 25.6. The Morgan fingerprint density at radius 3 is 2.77 bits per heavy atom. The van der Waals surface area contributed by atoms with E-state index < -0.39 is 11.8 Å². The number of anilines is 1. The largest absolute Gasteiger partial charge is 0.452 e. The van der Waals surface area contributed by atoms with Crippen LogP contribution >= 0.6 is 0 Å². The van der Waals surface area contributed by atoms with Crippen LogP contribution in [0.1, 0.15) is 15.9 Å². The summed E-state index contributed by atoms with van der Waals surface area (Å²) in [6.45, 7) is 0.222. The van der Waals surface area contributed by atoms with Gasteiger partial charge in [-0.1, -0.05) is 24.3 Å². The number of benzene rings is 2. The summed E-state index contributed by atoms with van der Waals surface area (Å²) in [6.07, 6.45) is 0.791. The smallest absolute Gasteiger partial charge is 0.338 e. The van der Waals surface area contributed by atoms with Gasteiger partial charge >= 0.3 is 5.97 Å². The van der Waals surface area contributed by atoms with E-state index in [0.717, 1.165) is 23.7 Å². The molecule has 22 heavy (non-hydrogen) atoms. The molecule has 0 unspecified atom stereocenters. The molecule has 0 spiro atoms. The number of hydrogen-bond donors (Lipinski definition) is 0. The quantitative estimate of drug-likeness (QED) is 0.818. The summed E-state index contributed by atoms with van der Waals surface area (Å²) < 4.78 is 18.0. The molecule has 0 bridgehead atoms. The zero-order valence-corrected chi connectivity index (χ0v) is 11.8. The molecule has 0 radical (unpaired) electrons. The molecule has 0 aliphatic carbocycles. The molecule has 1 amide bonds. The van der Waals surface area contributed by atoms with Crippen LogP contribution in [0.4, 0.5) is 10.1 Å². The van der Waals surface area contributed by atoms with Gasteiger partial charge in [0.05, 0.1) is 5.56 Å². The molecule has 1 heterocycles. The number of para-hydroxylation sites is 1. The highest BCUT2D eigenvalue weighted by atomic mass is 19.1. The Morgan fingerprint density at radius 2 is 1.95 bits per heavy atom. The van der Waals surface area contributed by atoms with Gasteiger partial charge in [-0.3, -0.25) is 4.79 Å². The number of nitrogens with zero attached hydrogens (tertiary/aromatic N) is 1. The number of carbonyl (C=O) groups excluding carboxylic acids is 2. The minimum absolute atomic E-state index is 0.0922. The molecule has 1 aliphatic rings. The van der Waals surface area contributed by atoms with Crippen molar-refractivity contribution in [2.75, 3.05) is 18.1 Å². The second-order valence-corrected chi connectivity index (χ2v) is 5.01. The van der Waals surface area contributed by atoms with Crippen LogP contribution in [0.5, 0.6) is 0 Å². The van der Waals surface area contributed by atoms with Gasteiger partial charge in [-0.25, -0.2) is 9.18 Å². The molecular formula is C17H14FNO3. The fourth-order valence-corrected chi connectivity index (χ4v) is 2.50. The summed E-state index contributed by atoms with van der Waals surface area (Å²) in [7, 11) is 0. The van der Waals surface area contributed by atoms with E-state index in [1.54, 1.807) is 4.90 Å². The molecule has 3 rings (SSSR count). The Kier molecular flexibility index (Phi) is 3.87. The molecule has 4 nitrogen and oxygen atoms in total. The van der Waals surface area contributed by atoms with E-state index in [2.05, 4.69) is 0 Å². The highest BCUT2D eigenvalue weighted by Gasteiger charge is 2.25. The van der Waals surface area contributed by atoms with Gasteiger partial charge in [0.15, 0.2) is 6.61 Å². The lowest BCUT2D eigenvalue weighted by Crippen LogP contribution is -2.33. The Balaban J connectivity index is 1.63. The lowest BCUT2D eigenvalue weighted by atomic mass is 10.2. The van der Waals surface area contributed by atoms with E-state index in [4.69, 9.17) is 4.74 Å². The Labute approximate surface area is 127 Å². The Morgan fingerprint density at radius 1 is 1.14 bits per heavy atom. The summed E-state index contributed by atoms with van der Waals surface area (Å²) in [5.74, 6) is -1.51. The molecule has 2 aromatic carbocycles. The number of halogens is 1. The minimum atomic E-state index is -0.708. The number of carbonyl (C=O) groups is 2. The number of fused-ring (bicyclic) bond motifs is 1. The van der Waals surface area contributed by atoms with Crippen LogP contribution in [0.2, 0.25) is 0 Å². The zero-order valence-electron chi connectivity index (χ0n) is 11.8. The Bertz CT molecular complexity index is 729. The van der Waals surface area contributed by atoms with Crippen molar-refractivity contribution in [3.05, 3.63) is 65.5 Å². The first kappa shape index (κ1) is 14.3. The van der Waals surface area contributed by atoms with Crippen molar-refractivity contribution in [2.24, 2.45) is 0 Å². The molecule has 0 aromatic heterocycles. The fraction of sp³-hybridized carbons (Fsp3) is 0.176. The lowest BCUT2D eigenvalue weighted by Gasteiger charge is -2.17. The van der Waals surface area contributed by atoms with Crippen molar-refractivity contribution in [2.45, 2.75) is 6.42 Å². The molecule has 0 N–H and O–H groups in total. The van der Waals surface area contributed by atoms with Gasteiger partial charge in [0.1, 0.15) is 5.82 Å². The molecule has 0 atom stereocenters. The van der Waals surface area contributed by atoms with Crippen LogP contribution in [0.25, 0.3) is 0 Å². The third-order valence-corrected chi connectivity index (χ3v) is 3.58. The van der Waals surface area contributed by atoms with Crippen molar-refractivity contribution in [1.29, 1.82) is 0 Å². The lowest BCUT2D eigenvalue weighted by molar-refractivity contribution is -0.121. The highest BCUT2D eigenvalue weighted by molar-refractivity contribution is 5.98. The number of rotatable bonds is 3. The predicted molar refractivity (Wildman–Crippen MR) is 79.2 cm³/mol. The second-order valence-electron chi connectivity index (χ2n) is 5.01. The van der Waals surface area contributed by atoms with E-state index >= 15 is 0 Å². The van der Waals surface area contributed by atoms with Crippen LogP contribution in [0, 0.1) is 5.82 Å². The van der Waals surface area contributed by atoms with E-state index in [9.17, 15) is 14.0 Å². The maximum Gasteiger partial charge on any atom is 0.338 e. The van der Waals surface area contributed by atoms with E-state index in [-0.39, 0.29) is 18.1 Å². The molecular weight excluding hydrogens is 285 g/mol. The summed E-state index contributed by atoms with van der Waals surface area (Å²) in [6, 6.07) is 12.8. The normalized spacial score (nSPS) is 12.9.